The largest absolute Gasteiger partial charge is 0.417 e. The fraction of sp³-hybridized carbons (Fsp3) is 0.647. The van der Waals surface area contributed by atoms with E-state index in [-0.39, 0.29) is 35.9 Å². The Labute approximate surface area is 169 Å². The van der Waals surface area contributed by atoms with Crippen LogP contribution in [-0.2, 0) is 10.9 Å². The van der Waals surface area contributed by atoms with Crippen LogP contribution in [0.3, 0.4) is 0 Å². The van der Waals surface area contributed by atoms with Crippen molar-refractivity contribution in [3.8, 4) is 0 Å². The van der Waals surface area contributed by atoms with Gasteiger partial charge in [0, 0.05) is 45.4 Å². The first kappa shape index (κ1) is 23.8. The van der Waals surface area contributed by atoms with Crippen molar-refractivity contribution in [2.75, 3.05) is 39.4 Å². The van der Waals surface area contributed by atoms with Gasteiger partial charge in [-0.05, 0) is 36.5 Å². The Morgan fingerprint density at radius 2 is 1.73 bits per heavy atom. The highest BCUT2D eigenvalue weighted by atomic mass is 35.5. The van der Waals surface area contributed by atoms with Gasteiger partial charge < -0.3 is 10.1 Å². The second-order valence-corrected chi connectivity index (χ2v) is 6.82. The number of nitrogens with zero attached hydrogens (tertiary/aromatic N) is 1. The average Bonchev–Trinajstić information content (AvgIpc) is 2.56. The predicted molar refractivity (Wildman–Crippen MR) is 102 cm³/mol. The minimum Gasteiger partial charge on any atom is -0.381 e. The summed E-state index contributed by atoms with van der Waals surface area (Å²) in [4.78, 5) is 2.37. The van der Waals surface area contributed by atoms with Crippen LogP contribution in [0.25, 0.3) is 0 Å². The first-order chi connectivity index (χ1) is 11.5. The summed E-state index contributed by atoms with van der Waals surface area (Å²) < 4.78 is 44.4. The third-order valence-corrected chi connectivity index (χ3v) is 5.21. The highest BCUT2D eigenvalue weighted by Crippen LogP contribution is 2.40. The van der Waals surface area contributed by atoms with Crippen molar-refractivity contribution in [1.82, 2.24) is 10.2 Å². The maximum atomic E-state index is 13.0. The monoisotopic (exact) mass is 434 g/mol. The number of alkyl halides is 3. The van der Waals surface area contributed by atoms with Crippen molar-refractivity contribution in [3.63, 3.8) is 0 Å². The van der Waals surface area contributed by atoms with Gasteiger partial charge in [0.2, 0.25) is 0 Å². The van der Waals surface area contributed by atoms with Crippen LogP contribution >= 0.6 is 36.4 Å². The Morgan fingerprint density at radius 3 is 2.27 bits per heavy atom. The summed E-state index contributed by atoms with van der Waals surface area (Å²) in [6, 6.07) is 4.31. The van der Waals surface area contributed by atoms with Crippen molar-refractivity contribution in [2.24, 2.45) is 5.92 Å². The molecule has 0 radical (unpaired) electrons. The zero-order chi connectivity index (χ0) is 17.2. The molecule has 1 aromatic rings. The van der Waals surface area contributed by atoms with Gasteiger partial charge in [0.15, 0.2) is 0 Å². The van der Waals surface area contributed by atoms with E-state index in [2.05, 4.69) is 10.2 Å². The lowest BCUT2D eigenvalue weighted by atomic mass is 9.85. The van der Waals surface area contributed by atoms with Crippen molar-refractivity contribution < 1.29 is 17.9 Å². The molecule has 2 aliphatic heterocycles. The summed E-state index contributed by atoms with van der Waals surface area (Å²) in [5.74, 6) is 0.379. The Kier molecular flexibility index (Phi) is 9.47. The quantitative estimate of drug-likeness (QED) is 0.752. The van der Waals surface area contributed by atoms with E-state index in [4.69, 9.17) is 16.3 Å². The summed E-state index contributed by atoms with van der Waals surface area (Å²) in [6.45, 7) is 4.99. The number of rotatable bonds is 3. The first-order valence-corrected chi connectivity index (χ1v) is 8.74. The van der Waals surface area contributed by atoms with Crippen molar-refractivity contribution in [3.05, 3.63) is 34.3 Å². The number of benzene rings is 1. The predicted octanol–water partition coefficient (Wildman–Crippen LogP) is 4.58. The van der Waals surface area contributed by atoms with Gasteiger partial charge >= 0.3 is 6.18 Å². The van der Waals surface area contributed by atoms with Crippen LogP contribution in [-0.4, -0.2) is 44.3 Å². The number of piperazine rings is 1. The third kappa shape index (κ3) is 5.63. The zero-order valence-corrected chi connectivity index (χ0v) is 16.6. The van der Waals surface area contributed by atoms with Gasteiger partial charge in [0.25, 0.3) is 0 Å². The van der Waals surface area contributed by atoms with Gasteiger partial charge in [-0.1, -0.05) is 17.7 Å². The highest BCUT2D eigenvalue weighted by Gasteiger charge is 2.35. The molecule has 0 aliphatic carbocycles. The fourth-order valence-electron chi connectivity index (χ4n) is 3.72. The van der Waals surface area contributed by atoms with Gasteiger partial charge in [0.05, 0.1) is 10.6 Å². The van der Waals surface area contributed by atoms with Crippen LogP contribution in [0.5, 0.6) is 0 Å². The lowest BCUT2D eigenvalue weighted by molar-refractivity contribution is -0.137. The second kappa shape index (κ2) is 10.3. The molecular weight excluding hydrogens is 412 g/mol. The zero-order valence-electron chi connectivity index (χ0n) is 14.2. The van der Waals surface area contributed by atoms with Crippen LogP contribution < -0.4 is 5.32 Å². The summed E-state index contributed by atoms with van der Waals surface area (Å²) >= 11 is 5.96. The molecule has 0 saturated carbocycles. The smallest absolute Gasteiger partial charge is 0.381 e. The summed E-state index contributed by atoms with van der Waals surface area (Å²) in [6.07, 6.45) is -2.57. The molecule has 2 heterocycles. The van der Waals surface area contributed by atoms with Gasteiger partial charge in [-0.15, -0.1) is 24.8 Å². The highest BCUT2D eigenvalue weighted by molar-refractivity contribution is 6.31. The van der Waals surface area contributed by atoms with E-state index >= 15 is 0 Å². The molecule has 0 amide bonds. The minimum absolute atomic E-state index is 0. The molecule has 0 spiro atoms. The molecule has 0 aromatic heterocycles. The number of nitrogens with one attached hydrogen (secondary N) is 1. The topological polar surface area (TPSA) is 24.5 Å². The van der Waals surface area contributed by atoms with Crippen LogP contribution in [0.4, 0.5) is 13.2 Å². The molecule has 150 valence electrons. The molecule has 0 unspecified atom stereocenters. The SMILES string of the molecule is Cl.Cl.FC(F)(F)c1ccc([C@H](C2CCOCC2)N2CCNCC2)cc1Cl. The number of hydrogen-bond acceptors (Lipinski definition) is 3. The molecule has 2 aliphatic rings. The number of halogens is 6. The van der Waals surface area contributed by atoms with Crippen LogP contribution in [0.1, 0.15) is 30.0 Å². The molecule has 0 bridgehead atoms. The lowest BCUT2D eigenvalue weighted by Gasteiger charge is -2.41. The van der Waals surface area contributed by atoms with Gasteiger partial charge in [-0.3, -0.25) is 4.90 Å². The molecule has 1 N–H and O–H groups in total. The van der Waals surface area contributed by atoms with Gasteiger partial charge in [-0.25, -0.2) is 0 Å². The van der Waals surface area contributed by atoms with Crippen molar-refractivity contribution >= 4 is 36.4 Å². The molecule has 2 fully saturated rings. The third-order valence-electron chi connectivity index (χ3n) is 4.90. The molecule has 26 heavy (non-hydrogen) atoms. The Morgan fingerprint density at radius 1 is 1.12 bits per heavy atom. The molecule has 3 rings (SSSR count). The van der Waals surface area contributed by atoms with Gasteiger partial charge in [-0.2, -0.15) is 13.2 Å². The lowest BCUT2D eigenvalue weighted by Crippen LogP contribution is -2.47. The van der Waals surface area contributed by atoms with Crippen LogP contribution in [0.2, 0.25) is 5.02 Å². The van der Waals surface area contributed by atoms with E-state index in [0.717, 1.165) is 50.7 Å². The maximum Gasteiger partial charge on any atom is 0.417 e. The van der Waals surface area contributed by atoms with Crippen molar-refractivity contribution in [2.45, 2.75) is 25.1 Å². The van der Waals surface area contributed by atoms with E-state index in [1.807, 2.05) is 0 Å². The molecular formula is C17H24Cl3F3N2O. The molecule has 1 aromatic carbocycles. The summed E-state index contributed by atoms with van der Waals surface area (Å²) in [7, 11) is 0. The van der Waals surface area contributed by atoms with E-state index in [1.165, 1.54) is 6.07 Å². The summed E-state index contributed by atoms with van der Waals surface area (Å²) in [5.41, 5.74) is 0.112. The fourth-order valence-corrected chi connectivity index (χ4v) is 4.01. The van der Waals surface area contributed by atoms with E-state index < -0.39 is 11.7 Å². The van der Waals surface area contributed by atoms with Crippen LogP contribution in [0.15, 0.2) is 18.2 Å². The standard InChI is InChI=1S/C17H22ClF3N2O.2ClH/c18-15-11-13(1-2-14(15)17(19,20)21)16(12-3-9-24-10-4-12)23-7-5-22-6-8-23;;/h1-2,11-12,16,22H,3-10H2;2*1H/t16-;;/m0../s1. The van der Waals surface area contributed by atoms with E-state index in [9.17, 15) is 13.2 Å². The van der Waals surface area contributed by atoms with Gasteiger partial charge in [0.1, 0.15) is 0 Å². The Balaban J connectivity index is 0.00000169. The van der Waals surface area contributed by atoms with E-state index in [1.54, 1.807) is 6.07 Å². The minimum atomic E-state index is -4.42. The van der Waals surface area contributed by atoms with Crippen LogP contribution in [0, 0.1) is 5.92 Å². The number of hydrogen-bond donors (Lipinski definition) is 1. The van der Waals surface area contributed by atoms with E-state index in [0.29, 0.717) is 19.1 Å². The summed E-state index contributed by atoms with van der Waals surface area (Å²) in [5, 5.41) is 3.11. The first-order valence-electron chi connectivity index (χ1n) is 8.36. The Hall–Kier alpha value is -0.240. The van der Waals surface area contributed by atoms with Crippen molar-refractivity contribution in [1.29, 1.82) is 0 Å². The Bertz CT molecular complexity index is 545. The normalized spacial score (nSPS) is 20.8. The molecule has 9 heteroatoms. The maximum absolute atomic E-state index is 13.0. The average molecular weight is 436 g/mol. The second-order valence-electron chi connectivity index (χ2n) is 6.42. The molecule has 1 atom stereocenters. The molecule has 3 nitrogen and oxygen atoms in total. The number of ether oxygens (including phenoxy) is 1. The molecule has 2 saturated heterocycles.